The number of sulfonamides is 1. The summed E-state index contributed by atoms with van der Waals surface area (Å²) in [6, 6.07) is 5.71. The predicted molar refractivity (Wildman–Crippen MR) is 107 cm³/mol. The minimum Gasteiger partial charge on any atom is -0.355 e. The van der Waals surface area contributed by atoms with Crippen LogP contribution in [0.2, 0.25) is 5.15 Å². The maximum atomic E-state index is 13.3. The Morgan fingerprint density at radius 1 is 1.25 bits per heavy atom. The summed E-state index contributed by atoms with van der Waals surface area (Å²) in [5.74, 6) is -0.280. The molecule has 0 aliphatic carbocycles. The average Bonchev–Trinajstić information content (AvgIpc) is 2.90. The lowest BCUT2D eigenvalue weighted by Crippen LogP contribution is -2.48. The fraction of sp³-hybridized carbons (Fsp3) is 0.316. The second-order valence-corrected chi connectivity index (χ2v) is 8.66. The molecular weight excluding hydrogens is 400 g/mol. The third-order valence-corrected chi connectivity index (χ3v) is 6.52. The lowest BCUT2D eigenvalue weighted by Gasteiger charge is -2.28. The molecule has 2 aromatic rings. The molecule has 0 bridgehead atoms. The Balaban J connectivity index is 1.92. The first-order chi connectivity index (χ1) is 13.5. The van der Waals surface area contributed by atoms with Crippen LogP contribution < -0.4 is 5.32 Å². The number of hydrogen-bond acceptors (Lipinski definition) is 5. The molecule has 1 atom stereocenters. The van der Waals surface area contributed by atoms with E-state index in [4.69, 9.17) is 11.6 Å². The minimum atomic E-state index is -3.94. The molecule has 1 fully saturated rings. The van der Waals surface area contributed by atoms with E-state index in [0.29, 0.717) is 13.0 Å². The number of aromatic nitrogens is 2. The van der Waals surface area contributed by atoms with Crippen molar-refractivity contribution in [3.8, 4) is 0 Å². The SMILES string of the molecule is O=C1NCCCC[C@H]1N(CC=Cc1cccnc1)S(=O)(=O)c1ccc(Cl)nc1. The minimum absolute atomic E-state index is 0.00345. The summed E-state index contributed by atoms with van der Waals surface area (Å²) in [5, 5.41) is 3.00. The van der Waals surface area contributed by atoms with Gasteiger partial charge in [-0.2, -0.15) is 4.31 Å². The first-order valence-corrected chi connectivity index (χ1v) is 10.8. The number of carbonyl (C=O) groups is 1. The van der Waals surface area contributed by atoms with Gasteiger partial charge in [-0.15, -0.1) is 0 Å². The largest absolute Gasteiger partial charge is 0.355 e. The molecule has 3 heterocycles. The van der Waals surface area contributed by atoms with E-state index in [1.165, 1.54) is 22.6 Å². The quantitative estimate of drug-likeness (QED) is 0.725. The lowest BCUT2D eigenvalue weighted by molar-refractivity contribution is -0.124. The summed E-state index contributed by atoms with van der Waals surface area (Å²) in [6.45, 7) is 0.606. The molecule has 1 N–H and O–H groups in total. The average molecular weight is 421 g/mol. The van der Waals surface area contributed by atoms with Crippen LogP contribution in [0.1, 0.15) is 24.8 Å². The summed E-state index contributed by atoms with van der Waals surface area (Å²) in [7, 11) is -3.94. The standard InChI is InChI=1S/C19H21ClN4O3S/c20-18-9-8-16(14-23-18)28(26,27)24(17-7-1-2-11-22-19(17)25)12-4-6-15-5-3-10-21-13-15/h3-6,8-10,13-14,17H,1-2,7,11-12H2,(H,22,25)/t17-/m1/s1. The number of nitrogens with one attached hydrogen (secondary N) is 1. The van der Waals surface area contributed by atoms with Crippen molar-refractivity contribution in [3.05, 3.63) is 59.6 Å². The summed E-state index contributed by atoms with van der Waals surface area (Å²) in [6.07, 6.45) is 10.1. The number of amides is 1. The highest BCUT2D eigenvalue weighted by molar-refractivity contribution is 7.89. The molecule has 0 saturated carbocycles. The molecule has 1 amide bonds. The number of pyridine rings is 2. The van der Waals surface area contributed by atoms with Gasteiger partial charge in [-0.1, -0.05) is 29.8 Å². The van der Waals surface area contributed by atoms with E-state index in [2.05, 4.69) is 15.3 Å². The molecule has 28 heavy (non-hydrogen) atoms. The maximum Gasteiger partial charge on any atom is 0.245 e. The third-order valence-electron chi connectivity index (χ3n) is 4.44. The Hall–Kier alpha value is -2.29. The molecular formula is C19H21ClN4O3S. The van der Waals surface area contributed by atoms with E-state index in [9.17, 15) is 13.2 Å². The third kappa shape index (κ3) is 4.95. The normalized spacial score (nSPS) is 18.2. The second kappa shape index (κ2) is 9.27. The second-order valence-electron chi connectivity index (χ2n) is 6.38. The van der Waals surface area contributed by atoms with Crippen LogP contribution in [0, 0.1) is 0 Å². The van der Waals surface area contributed by atoms with Gasteiger partial charge in [-0.05, 0) is 43.0 Å². The topological polar surface area (TPSA) is 92.3 Å². The van der Waals surface area contributed by atoms with Crippen LogP contribution in [0.15, 0.2) is 53.8 Å². The molecule has 0 radical (unpaired) electrons. The van der Waals surface area contributed by atoms with Gasteiger partial charge >= 0.3 is 0 Å². The van der Waals surface area contributed by atoms with E-state index in [-0.39, 0.29) is 22.5 Å². The number of hydrogen-bond donors (Lipinski definition) is 1. The molecule has 7 nitrogen and oxygen atoms in total. The molecule has 1 saturated heterocycles. The molecule has 2 aromatic heterocycles. The van der Waals surface area contributed by atoms with Crippen LogP contribution in [-0.2, 0) is 14.8 Å². The van der Waals surface area contributed by atoms with Crippen LogP contribution in [0.3, 0.4) is 0 Å². The van der Waals surface area contributed by atoms with Crippen LogP contribution >= 0.6 is 11.6 Å². The van der Waals surface area contributed by atoms with Gasteiger partial charge in [0.25, 0.3) is 0 Å². The van der Waals surface area contributed by atoms with Crippen molar-refractivity contribution >= 4 is 33.6 Å². The number of carbonyl (C=O) groups excluding carboxylic acids is 1. The fourth-order valence-electron chi connectivity index (χ4n) is 3.01. The molecule has 0 unspecified atom stereocenters. The zero-order valence-electron chi connectivity index (χ0n) is 15.2. The Labute approximate surface area is 169 Å². The Morgan fingerprint density at radius 2 is 2.11 bits per heavy atom. The van der Waals surface area contributed by atoms with E-state index in [1.807, 2.05) is 6.07 Å². The fourth-order valence-corrected chi connectivity index (χ4v) is 4.64. The van der Waals surface area contributed by atoms with Crippen molar-refractivity contribution in [2.45, 2.75) is 30.2 Å². The number of rotatable bonds is 6. The molecule has 1 aliphatic rings. The van der Waals surface area contributed by atoms with Crippen molar-refractivity contribution in [2.24, 2.45) is 0 Å². The first kappa shape index (κ1) is 20.4. The van der Waals surface area contributed by atoms with Crippen molar-refractivity contribution in [1.29, 1.82) is 0 Å². The Kier molecular flexibility index (Phi) is 6.77. The van der Waals surface area contributed by atoms with Crippen LogP contribution in [0.25, 0.3) is 6.08 Å². The van der Waals surface area contributed by atoms with Crippen LogP contribution in [0.4, 0.5) is 0 Å². The number of nitrogens with zero attached hydrogens (tertiary/aromatic N) is 3. The highest BCUT2D eigenvalue weighted by atomic mass is 35.5. The van der Waals surface area contributed by atoms with Crippen molar-refractivity contribution in [3.63, 3.8) is 0 Å². The van der Waals surface area contributed by atoms with Gasteiger partial charge in [0.05, 0.1) is 0 Å². The molecule has 1 aliphatic heterocycles. The van der Waals surface area contributed by atoms with Crippen molar-refractivity contribution in [2.75, 3.05) is 13.1 Å². The predicted octanol–water partition coefficient (Wildman–Crippen LogP) is 2.50. The molecule has 3 rings (SSSR count). The van der Waals surface area contributed by atoms with Gasteiger partial charge in [0.2, 0.25) is 15.9 Å². The molecule has 0 aromatic carbocycles. The zero-order valence-corrected chi connectivity index (χ0v) is 16.7. The van der Waals surface area contributed by atoms with Gasteiger partial charge in [-0.25, -0.2) is 13.4 Å². The maximum absolute atomic E-state index is 13.3. The van der Waals surface area contributed by atoms with Crippen LogP contribution in [-0.4, -0.2) is 47.7 Å². The van der Waals surface area contributed by atoms with Gasteiger partial charge < -0.3 is 5.32 Å². The van der Waals surface area contributed by atoms with Crippen LogP contribution in [0.5, 0.6) is 0 Å². The van der Waals surface area contributed by atoms with Crippen molar-refractivity contribution in [1.82, 2.24) is 19.6 Å². The lowest BCUT2D eigenvalue weighted by atomic mass is 10.1. The molecule has 148 valence electrons. The highest BCUT2D eigenvalue weighted by Gasteiger charge is 2.35. The van der Waals surface area contributed by atoms with Crippen molar-refractivity contribution < 1.29 is 13.2 Å². The van der Waals surface area contributed by atoms with E-state index < -0.39 is 16.1 Å². The highest BCUT2D eigenvalue weighted by Crippen LogP contribution is 2.23. The monoisotopic (exact) mass is 420 g/mol. The first-order valence-electron chi connectivity index (χ1n) is 8.96. The summed E-state index contributed by atoms with van der Waals surface area (Å²) < 4.78 is 27.7. The van der Waals surface area contributed by atoms with Gasteiger partial charge in [0.1, 0.15) is 16.1 Å². The Morgan fingerprint density at radius 3 is 2.82 bits per heavy atom. The zero-order chi connectivity index (χ0) is 20.0. The summed E-state index contributed by atoms with van der Waals surface area (Å²) >= 11 is 5.79. The molecule has 9 heteroatoms. The van der Waals surface area contributed by atoms with E-state index >= 15 is 0 Å². The summed E-state index contributed by atoms with van der Waals surface area (Å²) in [5.41, 5.74) is 0.846. The Bertz CT molecular complexity index is 933. The smallest absolute Gasteiger partial charge is 0.245 e. The van der Waals surface area contributed by atoms with Gasteiger partial charge in [0.15, 0.2) is 0 Å². The number of halogens is 1. The summed E-state index contributed by atoms with van der Waals surface area (Å²) in [4.78, 5) is 20.4. The molecule has 0 spiro atoms. The van der Waals surface area contributed by atoms with E-state index in [1.54, 1.807) is 30.6 Å². The van der Waals surface area contributed by atoms with E-state index in [0.717, 1.165) is 18.4 Å². The van der Waals surface area contributed by atoms with Gasteiger partial charge in [0, 0.05) is 31.7 Å². The van der Waals surface area contributed by atoms with Gasteiger partial charge in [-0.3, -0.25) is 9.78 Å².